The van der Waals surface area contributed by atoms with Crippen LogP contribution in [0.1, 0.15) is 93.4 Å². The highest BCUT2D eigenvalue weighted by Gasteiger charge is 2.69. The van der Waals surface area contributed by atoms with E-state index in [0.29, 0.717) is 23.7 Å². The van der Waals surface area contributed by atoms with Crippen molar-refractivity contribution >= 4 is 0 Å². The molecular weight excluding hydrogens is 436 g/mol. The number of hydrogen-bond acceptors (Lipinski definition) is 4. The Hall–Kier alpha value is -0.680. The van der Waals surface area contributed by atoms with Crippen molar-refractivity contribution in [1.82, 2.24) is 0 Å². The van der Waals surface area contributed by atoms with Gasteiger partial charge in [0.1, 0.15) is 0 Å². The molecule has 0 amide bonds. The summed E-state index contributed by atoms with van der Waals surface area (Å²) in [5.74, 6) is 1.85. The van der Waals surface area contributed by atoms with Gasteiger partial charge in [0.25, 0.3) is 0 Å². The molecule has 4 rings (SSSR count). The van der Waals surface area contributed by atoms with Gasteiger partial charge in [0.15, 0.2) is 0 Å². The largest absolute Gasteiger partial charge is 0.395 e. The van der Waals surface area contributed by atoms with Crippen LogP contribution in [0, 0.1) is 45.3 Å². The molecule has 3 fully saturated rings. The van der Waals surface area contributed by atoms with Gasteiger partial charge in [-0.25, -0.2) is 0 Å². The molecule has 4 nitrogen and oxygen atoms in total. The fourth-order valence-corrected chi connectivity index (χ4v) is 9.97. The molecule has 0 radical (unpaired) electrons. The van der Waals surface area contributed by atoms with Crippen molar-refractivity contribution in [3.8, 4) is 0 Å². The first-order chi connectivity index (χ1) is 16.3. The van der Waals surface area contributed by atoms with E-state index in [9.17, 15) is 15.3 Å². The average molecular weight is 489 g/mol. The van der Waals surface area contributed by atoms with Gasteiger partial charge in [-0.05, 0) is 92.8 Å². The molecule has 0 bridgehead atoms. The van der Waals surface area contributed by atoms with Crippen LogP contribution >= 0.6 is 0 Å². The van der Waals surface area contributed by atoms with Crippen LogP contribution in [0.15, 0.2) is 23.3 Å². The zero-order valence-corrected chi connectivity index (χ0v) is 23.6. The van der Waals surface area contributed by atoms with E-state index in [1.807, 2.05) is 20.1 Å². The normalized spacial score (nSPS) is 48.8. The fraction of sp³-hybridized carbons (Fsp3) is 0.871. The smallest absolute Gasteiger partial charge is 0.0793 e. The monoisotopic (exact) mass is 488 g/mol. The van der Waals surface area contributed by atoms with Gasteiger partial charge in [-0.3, -0.25) is 0 Å². The Kier molecular flexibility index (Phi) is 7.24. The molecule has 3 N–H and O–H groups in total. The highest BCUT2D eigenvalue weighted by Crippen LogP contribution is 2.75. The molecule has 0 heterocycles. The number of ether oxygens (including phenoxy) is 1. The Bertz CT molecular complexity index is 860. The minimum absolute atomic E-state index is 0.00243. The van der Waals surface area contributed by atoms with E-state index < -0.39 is 11.5 Å². The van der Waals surface area contributed by atoms with Crippen LogP contribution in [0.5, 0.6) is 0 Å². The van der Waals surface area contributed by atoms with Crippen LogP contribution in [-0.4, -0.2) is 47.3 Å². The van der Waals surface area contributed by atoms with Gasteiger partial charge < -0.3 is 20.1 Å². The van der Waals surface area contributed by atoms with E-state index >= 15 is 0 Å². The number of hydrogen-bond donors (Lipinski definition) is 3. The van der Waals surface area contributed by atoms with Crippen LogP contribution in [0.2, 0.25) is 0 Å². The van der Waals surface area contributed by atoms with E-state index in [-0.39, 0.29) is 35.1 Å². The van der Waals surface area contributed by atoms with E-state index in [4.69, 9.17) is 4.74 Å². The van der Waals surface area contributed by atoms with Crippen LogP contribution in [0.3, 0.4) is 0 Å². The summed E-state index contributed by atoms with van der Waals surface area (Å²) < 4.78 is 6.28. The second-order valence-electron chi connectivity index (χ2n) is 14.0. The third-order valence-electron chi connectivity index (χ3n) is 12.1. The maximum Gasteiger partial charge on any atom is 0.0793 e. The maximum atomic E-state index is 10.9. The summed E-state index contributed by atoms with van der Waals surface area (Å²) in [5, 5.41) is 32.0. The summed E-state index contributed by atoms with van der Waals surface area (Å²) in [7, 11) is 1.85. The predicted octanol–water partition coefficient (Wildman–Crippen LogP) is 5.90. The molecule has 35 heavy (non-hydrogen) atoms. The topological polar surface area (TPSA) is 69.9 Å². The van der Waals surface area contributed by atoms with Crippen molar-refractivity contribution in [2.75, 3.05) is 13.7 Å². The molecule has 4 aliphatic carbocycles. The fourth-order valence-electron chi connectivity index (χ4n) is 9.97. The third-order valence-corrected chi connectivity index (χ3v) is 12.1. The molecule has 0 saturated heterocycles. The highest BCUT2D eigenvalue weighted by molar-refractivity contribution is 5.33. The van der Waals surface area contributed by atoms with E-state index in [1.54, 1.807) is 0 Å². The highest BCUT2D eigenvalue weighted by atomic mass is 16.5. The Balaban J connectivity index is 1.72. The lowest BCUT2D eigenvalue weighted by Crippen LogP contribution is -2.63. The van der Waals surface area contributed by atoms with Crippen molar-refractivity contribution in [2.45, 2.75) is 112 Å². The molecular formula is C31H52O4. The molecule has 0 spiro atoms. The van der Waals surface area contributed by atoms with Gasteiger partial charge in [-0.15, -0.1) is 0 Å². The molecule has 0 aliphatic heterocycles. The lowest BCUT2D eigenvalue weighted by atomic mass is 9.38. The van der Waals surface area contributed by atoms with Gasteiger partial charge in [0.05, 0.1) is 24.9 Å². The molecule has 0 aromatic rings. The Morgan fingerprint density at radius 1 is 1.09 bits per heavy atom. The minimum Gasteiger partial charge on any atom is -0.395 e. The summed E-state index contributed by atoms with van der Waals surface area (Å²) >= 11 is 0. The van der Waals surface area contributed by atoms with Gasteiger partial charge in [0, 0.05) is 18.4 Å². The third kappa shape index (κ3) is 3.92. The molecule has 4 aliphatic rings. The molecule has 200 valence electrons. The lowest BCUT2D eigenvalue weighted by Gasteiger charge is -2.67. The zero-order valence-electron chi connectivity index (χ0n) is 23.6. The van der Waals surface area contributed by atoms with Crippen LogP contribution < -0.4 is 0 Å². The van der Waals surface area contributed by atoms with Gasteiger partial charge in [-0.2, -0.15) is 0 Å². The summed E-state index contributed by atoms with van der Waals surface area (Å²) in [4.78, 5) is 0. The second-order valence-corrected chi connectivity index (χ2v) is 14.0. The number of methoxy groups -OCH3 is 1. The Morgan fingerprint density at radius 2 is 1.77 bits per heavy atom. The summed E-state index contributed by atoms with van der Waals surface area (Å²) in [6.45, 7) is 16.1. The molecule has 11 atom stereocenters. The van der Waals surface area contributed by atoms with Crippen molar-refractivity contribution < 1.29 is 20.1 Å². The SMILES string of the molecule is CO[C@H]1C=C2[C@@H](CC[C@H](O)[C@]2(C)CO)[C@]2(C)CC[C@]3(C)[C@@H]([C@H](C)C[C@@H](O)C=C(C)C)CC[C@@]3(C)[C@H]12. The molecule has 0 unspecified atom stereocenters. The predicted molar refractivity (Wildman–Crippen MR) is 142 cm³/mol. The second kappa shape index (κ2) is 9.26. The Labute approximate surface area is 214 Å². The number of allylic oxidation sites excluding steroid dienone is 1. The number of fused-ring (bicyclic) bond motifs is 5. The molecule has 3 saturated carbocycles. The number of rotatable bonds is 6. The summed E-state index contributed by atoms with van der Waals surface area (Å²) in [6.07, 6.45) is 10.8. The van der Waals surface area contributed by atoms with Gasteiger partial charge >= 0.3 is 0 Å². The van der Waals surface area contributed by atoms with Gasteiger partial charge in [0.2, 0.25) is 0 Å². The van der Waals surface area contributed by atoms with E-state index in [1.165, 1.54) is 30.4 Å². The lowest BCUT2D eigenvalue weighted by molar-refractivity contribution is -0.185. The van der Waals surface area contributed by atoms with Crippen molar-refractivity contribution in [2.24, 2.45) is 45.3 Å². The maximum absolute atomic E-state index is 10.9. The Morgan fingerprint density at radius 3 is 2.37 bits per heavy atom. The summed E-state index contributed by atoms with van der Waals surface area (Å²) in [5.41, 5.74) is 2.29. The molecule has 4 heteroatoms. The summed E-state index contributed by atoms with van der Waals surface area (Å²) in [6, 6.07) is 0. The minimum atomic E-state index is -0.580. The average Bonchev–Trinajstić information content (AvgIpc) is 3.06. The van der Waals surface area contributed by atoms with Crippen molar-refractivity contribution in [3.63, 3.8) is 0 Å². The molecule has 0 aromatic heterocycles. The number of aliphatic hydroxyl groups is 3. The molecule has 0 aromatic carbocycles. The first-order valence-corrected chi connectivity index (χ1v) is 14.2. The van der Waals surface area contributed by atoms with E-state index in [0.717, 1.165) is 25.7 Å². The van der Waals surface area contributed by atoms with Gasteiger partial charge in [-0.1, -0.05) is 57.9 Å². The quantitative estimate of drug-likeness (QED) is 0.407. The number of aliphatic hydroxyl groups excluding tert-OH is 3. The standard InChI is InChI=1S/C31H52O4/c1-19(2)15-21(33)16-20(3)22-11-12-31(7)27-25(35-8)17-24-23(9-10-26(34)29(24,5)18-32)28(27,4)13-14-30(22,31)6/h15,17,20-23,25-27,32-34H,9-14,16,18H2,1-8H3/t20-,21+,22-,23-,25+,26+,27-,28+,29-,30-,31+/m1/s1. The van der Waals surface area contributed by atoms with Crippen LogP contribution in [0.4, 0.5) is 0 Å². The first-order valence-electron chi connectivity index (χ1n) is 14.2. The van der Waals surface area contributed by atoms with Crippen molar-refractivity contribution in [1.29, 1.82) is 0 Å². The van der Waals surface area contributed by atoms with Crippen LogP contribution in [-0.2, 0) is 4.74 Å². The first kappa shape index (κ1) is 27.4. The van der Waals surface area contributed by atoms with Crippen molar-refractivity contribution in [3.05, 3.63) is 23.3 Å². The van der Waals surface area contributed by atoms with Crippen LogP contribution in [0.25, 0.3) is 0 Å². The zero-order chi connectivity index (χ0) is 26.0. The van der Waals surface area contributed by atoms with E-state index in [2.05, 4.69) is 47.6 Å².